The molecule has 0 aliphatic carbocycles. The van der Waals surface area contributed by atoms with Crippen LogP contribution < -0.4 is 0 Å². The highest BCUT2D eigenvalue weighted by molar-refractivity contribution is 8.13. The van der Waals surface area contributed by atoms with E-state index in [1.54, 1.807) is 6.07 Å². The first-order valence-corrected chi connectivity index (χ1v) is 5.41. The average molecular weight is 223 g/mol. The van der Waals surface area contributed by atoms with Gasteiger partial charge < -0.3 is 0 Å². The van der Waals surface area contributed by atoms with Gasteiger partial charge in [-0.05, 0) is 12.1 Å². The van der Waals surface area contributed by atoms with Crippen LogP contribution in [0.4, 0.5) is 4.39 Å². The van der Waals surface area contributed by atoms with Gasteiger partial charge in [-0.25, -0.2) is 4.98 Å². The molecule has 0 bridgehead atoms. The smallest absolute Gasteiger partial charge is 0.212 e. The zero-order valence-corrected chi connectivity index (χ0v) is 9.10. The Labute approximate surface area is 92.3 Å². The SMILES string of the molecule is CC(=O)SCCC#Cc1ccc(F)nc1. The van der Waals surface area contributed by atoms with Gasteiger partial charge in [-0.15, -0.1) is 0 Å². The quantitative estimate of drug-likeness (QED) is 0.437. The zero-order valence-electron chi connectivity index (χ0n) is 8.29. The minimum Gasteiger partial charge on any atom is -0.288 e. The van der Waals surface area contributed by atoms with Crippen molar-refractivity contribution in [2.24, 2.45) is 0 Å². The molecule has 0 aliphatic rings. The highest BCUT2D eigenvalue weighted by atomic mass is 32.2. The summed E-state index contributed by atoms with van der Waals surface area (Å²) in [6.07, 6.45) is 2.03. The molecule has 0 saturated heterocycles. The van der Waals surface area contributed by atoms with Gasteiger partial charge in [0.15, 0.2) is 5.12 Å². The van der Waals surface area contributed by atoms with Crippen LogP contribution in [-0.4, -0.2) is 15.9 Å². The first-order valence-electron chi connectivity index (χ1n) is 4.42. The molecule has 78 valence electrons. The van der Waals surface area contributed by atoms with Crippen LogP contribution in [-0.2, 0) is 4.79 Å². The first kappa shape index (κ1) is 11.7. The number of aromatic nitrogens is 1. The minimum atomic E-state index is -0.507. The van der Waals surface area contributed by atoms with E-state index in [1.165, 1.54) is 30.9 Å². The lowest BCUT2D eigenvalue weighted by Crippen LogP contribution is -1.85. The van der Waals surface area contributed by atoms with Crippen molar-refractivity contribution in [2.75, 3.05) is 5.75 Å². The summed E-state index contributed by atoms with van der Waals surface area (Å²) in [7, 11) is 0. The number of carbonyl (C=O) groups excluding carboxylic acids is 1. The van der Waals surface area contributed by atoms with Crippen molar-refractivity contribution in [1.82, 2.24) is 4.98 Å². The summed E-state index contributed by atoms with van der Waals surface area (Å²) in [5.74, 6) is 5.92. The molecule has 1 aromatic heterocycles. The Bertz CT molecular complexity index is 391. The van der Waals surface area contributed by atoms with Crippen LogP contribution in [0.1, 0.15) is 18.9 Å². The normalized spacial score (nSPS) is 9.20. The van der Waals surface area contributed by atoms with Crippen molar-refractivity contribution in [1.29, 1.82) is 0 Å². The molecule has 0 spiro atoms. The zero-order chi connectivity index (χ0) is 11.1. The summed E-state index contributed by atoms with van der Waals surface area (Å²) in [6, 6.07) is 2.85. The van der Waals surface area contributed by atoms with Crippen LogP contribution in [0.3, 0.4) is 0 Å². The summed E-state index contributed by atoms with van der Waals surface area (Å²) in [6.45, 7) is 1.53. The number of nitrogens with zero attached hydrogens (tertiary/aromatic N) is 1. The third-order valence-electron chi connectivity index (χ3n) is 1.49. The fourth-order valence-electron chi connectivity index (χ4n) is 0.860. The molecule has 0 saturated carbocycles. The fraction of sp³-hybridized carbons (Fsp3) is 0.273. The molecule has 1 heterocycles. The van der Waals surface area contributed by atoms with E-state index in [4.69, 9.17) is 0 Å². The Morgan fingerprint density at radius 3 is 3.00 bits per heavy atom. The van der Waals surface area contributed by atoms with Crippen LogP contribution in [0.2, 0.25) is 0 Å². The van der Waals surface area contributed by atoms with Gasteiger partial charge in [0, 0.05) is 30.9 Å². The lowest BCUT2D eigenvalue weighted by atomic mass is 10.3. The maximum absolute atomic E-state index is 12.4. The number of rotatable bonds is 2. The van der Waals surface area contributed by atoms with Gasteiger partial charge in [0.2, 0.25) is 5.95 Å². The molecule has 15 heavy (non-hydrogen) atoms. The van der Waals surface area contributed by atoms with E-state index >= 15 is 0 Å². The van der Waals surface area contributed by atoms with Gasteiger partial charge in [0.1, 0.15) is 0 Å². The number of hydrogen-bond donors (Lipinski definition) is 0. The highest BCUT2D eigenvalue weighted by Gasteiger charge is 1.91. The van der Waals surface area contributed by atoms with Crippen molar-refractivity contribution in [2.45, 2.75) is 13.3 Å². The summed E-state index contributed by atoms with van der Waals surface area (Å²) < 4.78 is 12.4. The molecule has 1 aromatic rings. The van der Waals surface area contributed by atoms with Crippen LogP contribution in [0.5, 0.6) is 0 Å². The number of thioether (sulfide) groups is 1. The Kier molecular flexibility index (Phi) is 4.85. The number of pyridine rings is 1. The van der Waals surface area contributed by atoms with Gasteiger partial charge in [0.25, 0.3) is 0 Å². The Balaban J connectivity index is 2.38. The van der Waals surface area contributed by atoms with Gasteiger partial charge in [-0.1, -0.05) is 23.6 Å². The average Bonchev–Trinajstić information content (AvgIpc) is 2.20. The van der Waals surface area contributed by atoms with Crippen LogP contribution in [0.15, 0.2) is 18.3 Å². The monoisotopic (exact) mass is 223 g/mol. The number of hydrogen-bond acceptors (Lipinski definition) is 3. The molecule has 0 aliphatic heterocycles. The largest absolute Gasteiger partial charge is 0.288 e. The summed E-state index contributed by atoms with van der Waals surface area (Å²) in [5, 5.41) is 0.0975. The van der Waals surface area contributed by atoms with Crippen molar-refractivity contribution in [3.8, 4) is 11.8 Å². The van der Waals surface area contributed by atoms with Crippen LogP contribution in [0.25, 0.3) is 0 Å². The third-order valence-corrected chi connectivity index (χ3v) is 2.31. The molecule has 0 N–H and O–H groups in total. The summed E-state index contributed by atoms with van der Waals surface area (Å²) in [4.78, 5) is 14.1. The van der Waals surface area contributed by atoms with Crippen LogP contribution in [0, 0.1) is 17.8 Å². The highest BCUT2D eigenvalue weighted by Crippen LogP contribution is 2.02. The molecule has 0 aromatic carbocycles. The molecule has 0 radical (unpaired) electrons. The number of halogens is 1. The molecule has 0 fully saturated rings. The van der Waals surface area contributed by atoms with E-state index in [2.05, 4.69) is 16.8 Å². The molecule has 0 atom stereocenters. The Morgan fingerprint density at radius 2 is 2.40 bits per heavy atom. The maximum Gasteiger partial charge on any atom is 0.212 e. The number of carbonyl (C=O) groups is 1. The second kappa shape index (κ2) is 6.20. The topological polar surface area (TPSA) is 30.0 Å². The molecular formula is C11H10FNOS. The standard InChI is InChI=1S/C11H10FNOS/c1-9(14)15-7-3-2-4-10-5-6-11(12)13-8-10/h5-6,8H,3,7H2,1H3. The molecule has 1 rings (SSSR count). The maximum atomic E-state index is 12.4. The summed E-state index contributed by atoms with van der Waals surface area (Å²) >= 11 is 1.25. The van der Waals surface area contributed by atoms with Crippen molar-refractivity contribution in [3.63, 3.8) is 0 Å². The fourth-order valence-corrected chi connectivity index (χ4v) is 1.35. The van der Waals surface area contributed by atoms with Crippen molar-refractivity contribution < 1.29 is 9.18 Å². The lowest BCUT2D eigenvalue weighted by molar-refractivity contribution is -0.109. The summed E-state index contributed by atoms with van der Waals surface area (Å²) in [5.41, 5.74) is 0.684. The predicted octanol–water partition coefficient (Wildman–Crippen LogP) is 2.24. The van der Waals surface area contributed by atoms with E-state index < -0.39 is 5.95 Å². The van der Waals surface area contributed by atoms with E-state index in [9.17, 15) is 9.18 Å². The molecule has 0 unspecified atom stereocenters. The van der Waals surface area contributed by atoms with Crippen molar-refractivity contribution in [3.05, 3.63) is 29.8 Å². The molecular weight excluding hydrogens is 213 g/mol. The van der Waals surface area contributed by atoms with Gasteiger partial charge in [0.05, 0.1) is 0 Å². The van der Waals surface area contributed by atoms with E-state index in [0.717, 1.165) is 0 Å². The molecule has 0 amide bonds. The van der Waals surface area contributed by atoms with Gasteiger partial charge in [-0.3, -0.25) is 4.79 Å². The second-order valence-corrected chi connectivity index (χ2v) is 4.03. The van der Waals surface area contributed by atoms with E-state index in [1.807, 2.05) is 0 Å². The second-order valence-electron chi connectivity index (χ2n) is 2.76. The lowest BCUT2D eigenvalue weighted by Gasteiger charge is -1.90. The van der Waals surface area contributed by atoms with Gasteiger partial charge >= 0.3 is 0 Å². The predicted molar refractivity (Wildman–Crippen MR) is 58.8 cm³/mol. The Hall–Kier alpha value is -1.34. The molecule has 2 nitrogen and oxygen atoms in total. The molecule has 4 heteroatoms. The van der Waals surface area contributed by atoms with Gasteiger partial charge in [-0.2, -0.15) is 4.39 Å². The van der Waals surface area contributed by atoms with E-state index in [-0.39, 0.29) is 5.12 Å². The van der Waals surface area contributed by atoms with Crippen LogP contribution >= 0.6 is 11.8 Å². The van der Waals surface area contributed by atoms with E-state index in [0.29, 0.717) is 17.7 Å². The van der Waals surface area contributed by atoms with Crippen molar-refractivity contribution >= 4 is 16.9 Å². The Morgan fingerprint density at radius 1 is 1.60 bits per heavy atom. The minimum absolute atomic E-state index is 0.0975. The third kappa shape index (κ3) is 5.18. The first-order chi connectivity index (χ1) is 7.18.